The SMILES string of the molecule is CSCCC(NS(=O)(=O)c1ccccc1)C(=O)NCc1ccc(Cl)cc1. The van der Waals surface area contributed by atoms with Gasteiger partial charge in [0.2, 0.25) is 15.9 Å². The summed E-state index contributed by atoms with van der Waals surface area (Å²) in [6.45, 7) is 0.304. The van der Waals surface area contributed by atoms with Gasteiger partial charge in [-0.2, -0.15) is 16.5 Å². The van der Waals surface area contributed by atoms with Crippen LogP contribution >= 0.6 is 23.4 Å². The van der Waals surface area contributed by atoms with Crippen LogP contribution in [0.25, 0.3) is 0 Å². The van der Waals surface area contributed by atoms with Crippen molar-refractivity contribution in [3.8, 4) is 0 Å². The molecule has 2 N–H and O–H groups in total. The minimum atomic E-state index is -3.76. The minimum Gasteiger partial charge on any atom is -0.351 e. The molecular formula is C18H21ClN2O3S2. The largest absolute Gasteiger partial charge is 0.351 e. The summed E-state index contributed by atoms with van der Waals surface area (Å²) >= 11 is 7.40. The zero-order chi connectivity index (χ0) is 19.0. The van der Waals surface area contributed by atoms with Crippen molar-refractivity contribution < 1.29 is 13.2 Å². The van der Waals surface area contributed by atoms with Crippen LogP contribution in [0.3, 0.4) is 0 Å². The van der Waals surface area contributed by atoms with E-state index in [0.29, 0.717) is 23.7 Å². The second-order valence-electron chi connectivity index (χ2n) is 5.61. The number of thioether (sulfide) groups is 1. The molecule has 0 radical (unpaired) electrons. The highest BCUT2D eigenvalue weighted by Gasteiger charge is 2.25. The lowest BCUT2D eigenvalue weighted by Gasteiger charge is -2.18. The van der Waals surface area contributed by atoms with Crippen LogP contribution in [0.1, 0.15) is 12.0 Å². The van der Waals surface area contributed by atoms with Gasteiger partial charge in [0.05, 0.1) is 4.90 Å². The smallest absolute Gasteiger partial charge is 0.241 e. The summed E-state index contributed by atoms with van der Waals surface area (Å²) in [6.07, 6.45) is 2.31. The summed E-state index contributed by atoms with van der Waals surface area (Å²) in [6, 6.07) is 14.3. The number of carbonyl (C=O) groups excluding carboxylic acids is 1. The summed E-state index contributed by atoms with van der Waals surface area (Å²) in [7, 11) is -3.76. The van der Waals surface area contributed by atoms with E-state index in [1.54, 1.807) is 42.1 Å². The van der Waals surface area contributed by atoms with E-state index in [2.05, 4.69) is 10.0 Å². The molecule has 0 aromatic heterocycles. The van der Waals surface area contributed by atoms with Gasteiger partial charge in [0, 0.05) is 11.6 Å². The van der Waals surface area contributed by atoms with Gasteiger partial charge in [-0.15, -0.1) is 0 Å². The zero-order valence-electron chi connectivity index (χ0n) is 14.3. The van der Waals surface area contributed by atoms with Crippen LogP contribution in [-0.2, 0) is 21.4 Å². The number of carbonyl (C=O) groups is 1. The zero-order valence-corrected chi connectivity index (χ0v) is 16.7. The summed E-state index contributed by atoms with van der Waals surface area (Å²) in [5, 5.41) is 3.40. The Morgan fingerprint density at radius 3 is 2.38 bits per heavy atom. The van der Waals surface area contributed by atoms with Crippen molar-refractivity contribution in [3.05, 3.63) is 65.2 Å². The van der Waals surface area contributed by atoms with Crippen LogP contribution in [0.2, 0.25) is 5.02 Å². The molecule has 1 amide bonds. The number of sulfonamides is 1. The van der Waals surface area contributed by atoms with Crippen LogP contribution < -0.4 is 10.0 Å². The number of nitrogens with one attached hydrogen (secondary N) is 2. The fourth-order valence-electron chi connectivity index (χ4n) is 2.25. The molecule has 2 aromatic rings. The molecule has 0 fully saturated rings. The van der Waals surface area contributed by atoms with Crippen molar-refractivity contribution in [3.63, 3.8) is 0 Å². The van der Waals surface area contributed by atoms with Gasteiger partial charge in [-0.1, -0.05) is 41.9 Å². The van der Waals surface area contributed by atoms with Gasteiger partial charge in [-0.25, -0.2) is 8.42 Å². The third-order valence-corrected chi connectivity index (χ3v) is 6.04. The van der Waals surface area contributed by atoms with Crippen molar-refractivity contribution in [1.82, 2.24) is 10.0 Å². The Morgan fingerprint density at radius 1 is 1.12 bits per heavy atom. The van der Waals surface area contributed by atoms with Crippen molar-refractivity contribution in [2.75, 3.05) is 12.0 Å². The van der Waals surface area contributed by atoms with E-state index in [1.807, 2.05) is 18.4 Å². The highest BCUT2D eigenvalue weighted by Crippen LogP contribution is 2.12. The molecule has 0 bridgehead atoms. The van der Waals surface area contributed by atoms with Crippen LogP contribution in [0.15, 0.2) is 59.5 Å². The standard InChI is InChI=1S/C18H21ClN2O3S2/c1-25-12-11-17(21-26(23,24)16-5-3-2-4-6-16)18(22)20-13-14-7-9-15(19)10-8-14/h2-10,17,21H,11-13H2,1H3,(H,20,22). The molecule has 0 saturated carbocycles. The Morgan fingerprint density at radius 2 is 1.77 bits per heavy atom. The lowest BCUT2D eigenvalue weighted by atomic mass is 10.2. The lowest BCUT2D eigenvalue weighted by molar-refractivity contribution is -0.122. The quantitative estimate of drug-likeness (QED) is 0.663. The van der Waals surface area contributed by atoms with Crippen molar-refractivity contribution in [2.45, 2.75) is 23.9 Å². The van der Waals surface area contributed by atoms with Gasteiger partial charge < -0.3 is 5.32 Å². The van der Waals surface area contributed by atoms with Gasteiger partial charge in [0.1, 0.15) is 6.04 Å². The van der Waals surface area contributed by atoms with Crippen molar-refractivity contribution in [2.24, 2.45) is 0 Å². The molecule has 2 rings (SSSR count). The summed E-state index contributed by atoms with van der Waals surface area (Å²) < 4.78 is 27.5. The van der Waals surface area contributed by atoms with Gasteiger partial charge in [-0.3, -0.25) is 4.79 Å². The third kappa shape index (κ3) is 6.32. The van der Waals surface area contributed by atoms with E-state index in [4.69, 9.17) is 11.6 Å². The maximum Gasteiger partial charge on any atom is 0.241 e. The average molecular weight is 413 g/mol. The van der Waals surface area contributed by atoms with E-state index in [-0.39, 0.29) is 10.8 Å². The first-order valence-electron chi connectivity index (χ1n) is 8.01. The predicted molar refractivity (Wildman–Crippen MR) is 107 cm³/mol. The first-order valence-corrected chi connectivity index (χ1v) is 11.3. The number of rotatable bonds is 9. The molecule has 0 spiro atoms. The second-order valence-corrected chi connectivity index (χ2v) is 8.75. The molecule has 8 heteroatoms. The maximum atomic E-state index is 12.5. The third-order valence-electron chi connectivity index (χ3n) is 3.66. The Balaban J connectivity index is 2.05. The summed E-state index contributed by atoms with van der Waals surface area (Å²) in [5.41, 5.74) is 0.886. The molecule has 26 heavy (non-hydrogen) atoms. The van der Waals surface area contributed by atoms with Gasteiger partial charge in [0.25, 0.3) is 0 Å². The van der Waals surface area contributed by atoms with E-state index >= 15 is 0 Å². The average Bonchev–Trinajstić information content (AvgIpc) is 2.65. The van der Waals surface area contributed by atoms with Crippen LogP contribution in [0, 0.1) is 0 Å². The van der Waals surface area contributed by atoms with E-state index in [9.17, 15) is 13.2 Å². The number of hydrogen-bond acceptors (Lipinski definition) is 4. The molecule has 140 valence electrons. The molecule has 1 atom stereocenters. The van der Waals surface area contributed by atoms with Crippen LogP contribution in [0.4, 0.5) is 0 Å². The number of benzene rings is 2. The maximum absolute atomic E-state index is 12.5. The Bertz CT molecular complexity index is 812. The Hall–Kier alpha value is -1.54. The fraction of sp³-hybridized carbons (Fsp3) is 0.278. The summed E-state index contributed by atoms with van der Waals surface area (Å²) in [5.74, 6) is 0.310. The highest BCUT2D eigenvalue weighted by molar-refractivity contribution is 7.98. The Labute approximate surface area is 163 Å². The van der Waals surface area contributed by atoms with Crippen molar-refractivity contribution in [1.29, 1.82) is 0 Å². The molecule has 5 nitrogen and oxygen atoms in total. The molecule has 0 saturated heterocycles. The highest BCUT2D eigenvalue weighted by atomic mass is 35.5. The Kier molecular flexibility index (Phi) is 7.96. The molecule has 2 aromatic carbocycles. The predicted octanol–water partition coefficient (Wildman–Crippen LogP) is 3.06. The second kappa shape index (κ2) is 9.97. The first-order chi connectivity index (χ1) is 12.4. The first kappa shape index (κ1) is 20.8. The molecular weight excluding hydrogens is 392 g/mol. The van der Waals surface area contributed by atoms with Crippen LogP contribution in [0.5, 0.6) is 0 Å². The molecule has 0 heterocycles. The van der Waals surface area contributed by atoms with E-state index < -0.39 is 16.1 Å². The van der Waals surface area contributed by atoms with E-state index in [0.717, 1.165) is 5.56 Å². The topological polar surface area (TPSA) is 75.3 Å². The van der Waals surface area contributed by atoms with Crippen molar-refractivity contribution >= 4 is 39.3 Å². The molecule has 0 aliphatic carbocycles. The normalized spacial score (nSPS) is 12.5. The van der Waals surface area contributed by atoms with Gasteiger partial charge >= 0.3 is 0 Å². The molecule has 1 unspecified atom stereocenters. The van der Waals surface area contributed by atoms with Gasteiger partial charge in [0.15, 0.2) is 0 Å². The lowest BCUT2D eigenvalue weighted by Crippen LogP contribution is -2.46. The summed E-state index contributed by atoms with van der Waals surface area (Å²) in [4.78, 5) is 12.7. The van der Waals surface area contributed by atoms with Gasteiger partial charge in [-0.05, 0) is 48.3 Å². The van der Waals surface area contributed by atoms with Crippen LogP contribution in [-0.4, -0.2) is 32.4 Å². The number of hydrogen-bond donors (Lipinski definition) is 2. The fourth-order valence-corrected chi connectivity index (χ4v) is 4.10. The number of amides is 1. The number of halogens is 1. The molecule has 0 aliphatic rings. The molecule has 0 aliphatic heterocycles. The van der Waals surface area contributed by atoms with E-state index in [1.165, 1.54) is 12.1 Å². The monoisotopic (exact) mass is 412 g/mol. The minimum absolute atomic E-state index is 0.139.